The fourth-order valence-corrected chi connectivity index (χ4v) is 3.16. The van der Waals surface area contributed by atoms with Crippen LogP contribution in [0.15, 0.2) is 47.4 Å². The van der Waals surface area contributed by atoms with Crippen molar-refractivity contribution in [2.45, 2.75) is 17.9 Å². The highest BCUT2D eigenvalue weighted by molar-refractivity contribution is 7.92. The molecule has 1 unspecified atom stereocenters. The number of carboxylic acids is 1. The van der Waals surface area contributed by atoms with Crippen LogP contribution in [-0.4, -0.2) is 37.6 Å². The predicted octanol–water partition coefficient (Wildman–Crippen LogP) is 2.26. The third-order valence-corrected chi connectivity index (χ3v) is 4.79. The van der Waals surface area contributed by atoms with Gasteiger partial charge in [-0.3, -0.25) is 14.8 Å². The van der Waals surface area contributed by atoms with Gasteiger partial charge in [0, 0.05) is 6.07 Å². The molecule has 144 valence electrons. The number of anilines is 1. The molecule has 1 atom stereocenters. The Morgan fingerprint density at radius 3 is 2.52 bits per heavy atom. The lowest BCUT2D eigenvalue weighted by atomic mass is 10.2. The number of nitrogens with one attached hydrogen (secondary N) is 1. The maximum absolute atomic E-state index is 12.6. The summed E-state index contributed by atoms with van der Waals surface area (Å²) in [6.07, 6.45) is -1.18. The molecule has 11 heteroatoms. The van der Waals surface area contributed by atoms with Crippen LogP contribution >= 0.6 is 0 Å². The molecule has 0 bridgehead atoms. The molecule has 2 aromatic carbocycles. The number of carbonyl (C=O) groups is 1. The van der Waals surface area contributed by atoms with E-state index in [1.54, 1.807) is 0 Å². The Labute approximate surface area is 154 Å². The zero-order chi connectivity index (χ0) is 20.2. The van der Waals surface area contributed by atoms with Crippen LogP contribution in [0.2, 0.25) is 0 Å². The van der Waals surface area contributed by atoms with Crippen LogP contribution < -0.4 is 14.2 Å². The summed E-state index contributed by atoms with van der Waals surface area (Å²) < 4.78 is 37.3. The largest absolute Gasteiger partial charge is 0.496 e. The Hall–Kier alpha value is -3.34. The summed E-state index contributed by atoms with van der Waals surface area (Å²) in [6.45, 7) is 1.29. The van der Waals surface area contributed by atoms with Gasteiger partial charge in [-0.25, -0.2) is 13.2 Å². The number of sulfonamides is 1. The summed E-state index contributed by atoms with van der Waals surface area (Å²) in [4.78, 5) is 21.1. The number of nitro groups is 1. The number of aliphatic carboxylic acids is 1. The molecular formula is C16H16N2O8S. The van der Waals surface area contributed by atoms with Crippen LogP contribution in [0.25, 0.3) is 0 Å². The minimum atomic E-state index is -4.19. The van der Waals surface area contributed by atoms with Crippen molar-refractivity contribution in [3.05, 3.63) is 52.6 Å². The van der Waals surface area contributed by atoms with Gasteiger partial charge in [-0.1, -0.05) is 6.07 Å². The second-order valence-corrected chi connectivity index (χ2v) is 7.00. The van der Waals surface area contributed by atoms with E-state index in [2.05, 4.69) is 4.72 Å². The minimum Gasteiger partial charge on any atom is -0.496 e. The van der Waals surface area contributed by atoms with Crippen LogP contribution in [0.4, 0.5) is 11.4 Å². The Morgan fingerprint density at radius 2 is 1.93 bits per heavy atom. The topological polar surface area (TPSA) is 145 Å². The quantitative estimate of drug-likeness (QED) is 0.510. The molecule has 0 spiro atoms. The molecule has 0 aliphatic heterocycles. The van der Waals surface area contributed by atoms with E-state index < -0.39 is 32.7 Å². The lowest BCUT2D eigenvalue weighted by Gasteiger charge is -2.13. The van der Waals surface area contributed by atoms with E-state index in [-0.39, 0.29) is 22.1 Å². The van der Waals surface area contributed by atoms with E-state index in [0.29, 0.717) is 0 Å². The number of nitrogens with zero attached hydrogens (tertiary/aromatic N) is 1. The third kappa shape index (κ3) is 4.85. The van der Waals surface area contributed by atoms with Crippen LogP contribution in [-0.2, 0) is 14.8 Å². The zero-order valence-corrected chi connectivity index (χ0v) is 15.1. The molecule has 10 nitrogen and oxygen atoms in total. The van der Waals surface area contributed by atoms with Gasteiger partial charge in [0.25, 0.3) is 15.7 Å². The van der Waals surface area contributed by atoms with Gasteiger partial charge in [-0.05, 0) is 31.2 Å². The van der Waals surface area contributed by atoms with Crippen molar-refractivity contribution in [3.8, 4) is 11.5 Å². The number of rotatable bonds is 8. The smallest absolute Gasteiger partial charge is 0.344 e. The fourth-order valence-electron chi connectivity index (χ4n) is 2.05. The first-order chi connectivity index (χ1) is 12.6. The van der Waals surface area contributed by atoms with E-state index >= 15 is 0 Å². The standard InChI is InChI=1S/C16H16N2O8S/c1-10(16(19)20)26-12-4-3-5-13(8-12)27(23,24)17-14-7-6-11(25-2)9-15(14)18(21)22/h3-10,17H,1-2H3,(H,19,20). The van der Waals surface area contributed by atoms with Gasteiger partial charge < -0.3 is 14.6 Å². The average molecular weight is 396 g/mol. The summed E-state index contributed by atoms with van der Waals surface area (Å²) in [5.74, 6) is -0.991. The Kier molecular flexibility index (Phi) is 5.85. The van der Waals surface area contributed by atoms with Gasteiger partial charge in [0.15, 0.2) is 6.10 Å². The van der Waals surface area contributed by atoms with Crippen molar-refractivity contribution in [1.29, 1.82) is 0 Å². The van der Waals surface area contributed by atoms with Crippen molar-refractivity contribution in [2.75, 3.05) is 11.8 Å². The van der Waals surface area contributed by atoms with E-state index in [4.69, 9.17) is 14.6 Å². The van der Waals surface area contributed by atoms with Crippen LogP contribution in [0.5, 0.6) is 11.5 Å². The Morgan fingerprint density at radius 1 is 1.22 bits per heavy atom. The minimum absolute atomic E-state index is 0.0250. The number of hydrogen-bond acceptors (Lipinski definition) is 7. The molecule has 27 heavy (non-hydrogen) atoms. The summed E-state index contributed by atoms with van der Waals surface area (Å²) in [5, 5.41) is 20.1. The van der Waals surface area contributed by atoms with Crippen molar-refractivity contribution in [2.24, 2.45) is 0 Å². The summed E-state index contributed by atoms with van der Waals surface area (Å²) in [7, 11) is -2.86. The summed E-state index contributed by atoms with van der Waals surface area (Å²) >= 11 is 0. The van der Waals surface area contributed by atoms with E-state index in [1.165, 1.54) is 44.4 Å². The van der Waals surface area contributed by atoms with Gasteiger partial charge >= 0.3 is 5.97 Å². The van der Waals surface area contributed by atoms with Crippen molar-refractivity contribution in [3.63, 3.8) is 0 Å². The lowest BCUT2D eigenvalue weighted by Crippen LogP contribution is -2.23. The second kappa shape index (κ2) is 7.91. The molecule has 0 aliphatic carbocycles. The maximum Gasteiger partial charge on any atom is 0.344 e. The zero-order valence-electron chi connectivity index (χ0n) is 14.3. The van der Waals surface area contributed by atoms with Gasteiger partial charge in [0.2, 0.25) is 0 Å². The second-order valence-electron chi connectivity index (χ2n) is 5.32. The molecule has 0 amide bonds. The number of ether oxygens (including phenoxy) is 2. The molecule has 0 saturated heterocycles. The molecule has 0 heterocycles. The summed E-state index contributed by atoms with van der Waals surface area (Å²) in [5.41, 5.74) is -0.726. The van der Waals surface area contributed by atoms with Crippen LogP contribution in [0.3, 0.4) is 0 Å². The van der Waals surface area contributed by atoms with Crippen molar-refractivity contribution >= 4 is 27.4 Å². The highest BCUT2D eigenvalue weighted by Crippen LogP contribution is 2.31. The first kappa shape index (κ1) is 20.0. The first-order valence-corrected chi connectivity index (χ1v) is 8.97. The molecule has 0 aromatic heterocycles. The summed E-state index contributed by atoms with van der Waals surface area (Å²) in [6, 6.07) is 8.80. The van der Waals surface area contributed by atoms with Gasteiger partial charge in [-0.15, -0.1) is 0 Å². The Bertz CT molecular complexity index is 974. The van der Waals surface area contributed by atoms with E-state index in [0.717, 1.165) is 12.1 Å². The number of methoxy groups -OCH3 is 1. The number of benzene rings is 2. The molecule has 0 saturated carbocycles. The monoisotopic (exact) mass is 396 g/mol. The van der Waals surface area contributed by atoms with E-state index in [9.17, 15) is 23.3 Å². The molecule has 0 radical (unpaired) electrons. The molecule has 0 fully saturated rings. The average Bonchev–Trinajstić information content (AvgIpc) is 2.61. The van der Waals surface area contributed by atoms with Crippen LogP contribution in [0.1, 0.15) is 6.92 Å². The third-order valence-electron chi connectivity index (χ3n) is 3.42. The van der Waals surface area contributed by atoms with Crippen molar-refractivity contribution in [1.82, 2.24) is 0 Å². The SMILES string of the molecule is COc1ccc(NS(=O)(=O)c2cccc(OC(C)C(=O)O)c2)c([N+](=O)[O-])c1. The maximum atomic E-state index is 12.6. The normalized spacial score (nSPS) is 12.1. The van der Waals surface area contributed by atoms with Gasteiger partial charge in [-0.2, -0.15) is 0 Å². The number of carboxylic acid groups (broad SMARTS) is 1. The Balaban J connectivity index is 2.35. The first-order valence-electron chi connectivity index (χ1n) is 7.49. The molecule has 2 rings (SSSR count). The van der Waals surface area contributed by atoms with Crippen LogP contribution in [0, 0.1) is 10.1 Å². The van der Waals surface area contributed by atoms with E-state index in [1.807, 2.05) is 0 Å². The predicted molar refractivity (Wildman–Crippen MR) is 94.6 cm³/mol. The molecule has 2 N–H and O–H groups in total. The van der Waals surface area contributed by atoms with Crippen molar-refractivity contribution < 1.29 is 32.7 Å². The lowest BCUT2D eigenvalue weighted by molar-refractivity contribution is -0.384. The van der Waals surface area contributed by atoms with Gasteiger partial charge in [0.05, 0.1) is 23.0 Å². The molecule has 2 aromatic rings. The number of hydrogen-bond donors (Lipinski definition) is 2. The molecule has 0 aliphatic rings. The number of nitro benzene ring substituents is 1. The van der Waals surface area contributed by atoms with Gasteiger partial charge in [0.1, 0.15) is 17.2 Å². The highest BCUT2D eigenvalue weighted by atomic mass is 32.2. The molecular weight excluding hydrogens is 380 g/mol. The highest BCUT2D eigenvalue weighted by Gasteiger charge is 2.22. The fraction of sp³-hybridized carbons (Fsp3) is 0.188.